The van der Waals surface area contributed by atoms with Gasteiger partial charge in [0.1, 0.15) is 0 Å². The smallest absolute Gasteiger partial charge is 0.0668 e. The summed E-state index contributed by atoms with van der Waals surface area (Å²) in [5.41, 5.74) is 2.65. The zero-order chi connectivity index (χ0) is 12.1. The highest BCUT2D eigenvalue weighted by atomic mass is 16.5. The van der Waals surface area contributed by atoms with Crippen molar-refractivity contribution in [3.05, 3.63) is 29.8 Å². The highest BCUT2D eigenvalue weighted by Gasteiger charge is 2.18. The van der Waals surface area contributed by atoms with Crippen molar-refractivity contribution in [2.75, 3.05) is 31.2 Å². The van der Waals surface area contributed by atoms with Crippen LogP contribution in [0.3, 0.4) is 0 Å². The van der Waals surface area contributed by atoms with Crippen molar-refractivity contribution < 1.29 is 4.74 Å². The Morgan fingerprint density at radius 3 is 2.76 bits per heavy atom. The van der Waals surface area contributed by atoms with Crippen LogP contribution in [0.1, 0.15) is 19.4 Å². The molecule has 0 spiro atoms. The highest BCUT2D eigenvalue weighted by Crippen LogP contribution is 2.20. The fraction of sp³-hybridized carbons (Fsp3) is 0.571. The molecule has 17 heavy (non-hydrogen) atoms. The number of morpholine rings is 1. The van der Waals surface area contributed by atoms with E-state index in [4.69, 9.17) is 4.74 Å². The maximum absolute atomic E-state index is 5.46. The van der Waals surface area contributed by atoms with Gasteiger partial charge in [-0.2, -0.15) is 0 Å². The molecule has 1 saturated heterocycles. The standard InChI is InChI=1S/C14H22N2O/c1-3-15-10-13-4-6-14(7-5-13)16-8-9-17-11-12(16)2/h4-7,12,15H,3,8-11H2,1-2H3. The summed E-state index contributed by atoms with van der Waals surface area (Å²) in [5.74, 6) is 0. The molecule has 1 fully saturated rings. The van der Waals surface area contributed by atoms with Gasteiger partial charge in [0.05, 0.1) is 13.2 Å². The molecule has 0 radical (unpaired) electrons. The minimum atomic E-state index is 0.475. The average molecular weight is 234 g/mol. The number of rotatable bonds is 4. The monoisotopic (exact) mass is 234 g/mol. The van der Waals surface area contributed by atoms with Crippen LogP contribution in [0.4, 0.5) is 5.69 Å². The Bertz CT molecular complexity index is 337. The Labute approximate surface area is 104 Å². The third-order valence-electron chi connectivity index (χ3n) is 3.21. The third-order valence-corrected chi connectivity index (χ3v) is 3.21. The average Bonchev–Trinajstić information content (AvgIpc) is 2.38. The first-order chi connectivity index (χ1) is 8.31. The van der Waals surface area contributed by atoms with Crippen molar-refractivity contribution in [3.63, 3.8) is 0 Å². The van der Waals surface area contributed by atoms with Crippen LogP contribution >= 0.6 is 0 Å². The second-order valence-corrected chi connectivity index (χ2v) is 4.56. The molecule has 0 saturated carbocycles. The first kappa shape index (κ1) is 12.4. The van der Waals surface area contributed by atoms with Crippen molar-refractivity contribution in [2.24, 2.45) is 0 Å². The Balaban J connectivity index is 2.01. The lowest BCUT2D eigenvalue weighted by Gasteiger charge is -2.35. The number of ether oxygens (including phenoxy) is 1. The Morgan fingerprint density at radius 1 is 1.35 bits per heavy atom. The van der Waals surface area contributed by atoms with E-state index < -0.39 is 0 Å². The van der Waals surface area contributed by atoms with Gasteiger partial charge < -0.3 is 15.0 Å². The van der Waals surface area contributed by atoms with Gasteiger partial charge in [0.15, 0.2) is 0 Å². The molecule has 94 valence electrons. The van der Waals surface area contributed by atoms with Gasteiger partial charge in [-0.3, -0.25) is 0 Å². The molecule has 1 aliphatic rings. The topological polar surface area (TPSA) is 24.5 Å². The Hall–Kier alpha value is -1.06. The summed E-state index contributed by atoms with van der Waals surface area (Å²) >= 11 is 0. The van der Waals surface area contributed by atoms with E-state index in [1.165, 1.54) is 11.3 Å². The van der Waals surface area contributed by atoms with E-state index in [0.717, 1.165) is 32.8 Å². The number of hydrogen-bond donors (Lipinski definition) is 1. The van der Waals surface area contributed by atoms with Gasteiger partial charge in [0.25, 0.3) is 0 Å². The summed E-state index contributed by atoms with van der Waals surface area (Å²) in [6, 6.07) is 9.33. The van der Waals surface area contributed by atoms with Crippen molar-refractivity contribution in [3.8, 4) is 0 Å². The SMILES string of the molecule is CCNCc1ccc(N2CCOCC2C)cc1. The van der Waals surface area contributed by atoms with Crippen LogP contribution in [0, 0.1) is 0 Å². The summed E-state index contributed by atoms with van der Waals surface area (Å²) in [7, 11) is 0. The molecule has 1 heterocycles. The molecule has 0 amide bonds. The van der Waals surface area contributed by atoms with Gasteiger partial charge in [-0.25, -0.2) is 0 Å². The maximum atomic E-state index is 5.46. The van der Waals surface area contributed by atoms with Crippen LogP contribution in [-0.4, -0.2) is 32.3 Å². The lowest BCUT2D eigenvalue weighted by atomic mass is 10.1. The van der Waals surface area contributed by atoms with E-state index >= 15 is 0 Å². The van der Waals surface area contributed by atoms with Gasteiger partial charge in [-0.1, -0.05) is 19.1 Å². The van der Waals surface area contributed by atoms with E-state index in [9.17, 15) is 0 Å². The number of benzene rings is 1. The largest absolute Gasteiger partial charge is 0.377 e. The second-order valence-electron chi connectivity index (χ2n) is 4.56. The molecule has 1 unspecified atom stereocenters. The number of nitrogens with one attached hydrogen (secondary N) is 1. The Kier molecular flexibility index (Phi) is 4.40. The molecule has 0 bridgehead atoms. The van der Waals surface area contributed by atoms with E-state index in [1.54, 1.807) is 0 Å². The minimum absolute atomic E-state index is 0.475. The van der Waals surface area contributed by atoms with Crippen LogP contribution in [0.15, 0.2) is 24.3 Å². The van der Waals surface area contributed by atoms with Crippen LogP contribution in [0.5, 0.6) is 0 Å². The van der Waals surface area contributed by atoms with Gasteiger partial charge in [-0.15, -0.1) is 0 Å². The zero-order valence-electron chi connectivity index (χ0n) is 10.8. The molecule has 3 heteroatoms. The number of nitrogens with zero attached hydrogens (tertiary/aromatic N) is 1. The second kappa shape index (κ2) is 6.03. The summed E-state index contributed by atoms with van der Waals surface area (Å²) in [4.78, 5) is 2.42. The van der Waals surface area contributed by atoms with E-state index in [1.807, 2.05) is 0 Å². The van der Waals surface area contributed by atoms with Crippen LogP contribution < -0.4 is 10.2 Å². The first-order valence-corrected chi connectivity index (χ1v) is 6.45. The van der Waals surface area contributed by atoms with Crippen LogP contribution in [0.25, 0.3) is 0 Å². The summed E-state index contributed by atoms with van der Waals surface area (Å²) < 4.78 is 5.46. The van der Waals surface area contributed by atoms with Crippen molar-refractivity contribution in [2.45, 2.75) is 26.4 Å². The molecule has 1 aromatic carbocycles. The van der Waals surface area contributed by atoms with Gasteiger partial charge >= 0.3 is 0 Å². The molecule has 2 rings (SSSR count). The fourth-order valence-corrected chi connectivity index (χ4v) is 2.19. The van der Waals surface area contributed by atoms with Gasteiger partial charge in [0, 0.05) is 24.8 Å². The summed E-state index contributed by atoms with van der Waals surface area (Å²) in [6.07, 6.45) is 0. The quantitative estimate of drug-likeness (QED) is 0.862. The molecule has 1 atom stereocenters. The molecular formula is C14H22N2O. The lowest BCUT2D eigenvalue weighted by Crippen LogP contribution is -2.43. The van der Waals surface area contributed by atoms with Crippen molar-refractivity contribution in [1.29, 1.82) is 0 Å². The Morgan fingerprint density at radius 2 is 2.12 bits per heavy atom. The molecule has 3 nitrogen and oxygen atoms in total. The van der Waals surface area contributed by atoms with Crippen LogP contribution in [0.2, 0.25) is 0 Å². The van der Waals surface area contributed by atoms with Gasteiger partial charge in [0.2, 0.25) is 0 Å². The molecule has 1 N–H and O–H groups in total. The third kappa shape index (κ3) is 3.20. The summed E-state index contributed by atoms with van der Waals surface area (Å²) in [6.45, 7) is 8.98. The molecule has 1 aromatic rings. The van der Waals surface area contributed by atoms with E-state index in [2.05, 4.69) is 48.3 Å². The van der Waals surface area contributed by atoms with Crippen molar-refractivity contribution in [1.82, 2.24) is 5.32 Å². The lowest BCUT2D eigenvalue weighted by molar-refractivity contribution is 0.0989. The maximum Gasteiger partial charge on any atom is 0.0668 e. The normalized spacial score (nSPS) is 20.6. The first-order valence-electron chi connectivity index (χ1n) is 6.45. The van der Waals surface area contributed by atoms with E-state index in [0.29, 0.717) is 6.04 Å². The summed E-state index contributed by atoms with van der Waals surface area (Å²) in [5, 5.41) is 3.34. The highest BCUT2D eigenvalue weighted by molar-refractivity contribution is 5.48. The molecule has 0 aliphatic carbocycles. The fourth-order valence-electron chi connectivity index (χ4n) is 2.19. The molecule has 1 aliphatic heterocycles. The number of anilines is 1. The molecule has 0 aromatic heterocycles. The predicted molar refractivity (Wildman–Crippen MR) is 71.4 cm³/mol. The number of hydrogen-bond acceptors (Lipinski definition) is 3. The minimum Gasteiger partial charge on any atom is -0.377 e. The predicted octanol–water partition coefficient (Wildman–Crippen LogP) is 2.02. The van der Waals surface area contributed by atoms with Crippen molar-refractivity contribution >= 4 is 5.69 Å². The van der Waals surface area contributed by atoms with Gasteiger partial charge in [-0.05, 0) is 31.2 Å². The molecular weight excluding hydrogens is 212 g/mol. The van der Waals surface area contributed by atoms with Crippen LogP contribution in [-0.2, 0) is 11.3 Å². The van der Waals surface area contributed by atoms with E-state index in [-0.39, 0.29) is 0 Å². The zero-order valence-corrected chi connectivity index (χ0v) is 10.8.